The van der Waals surface area contributed by atoms with Gasteiger partial charge in [-0.25, -0.2) is 18.7 Å². The van der Waals surface area contributed by atoms with Crippen molar-refractivity contribution in [3.05, 3.63) is 69.5 Å². The van der Waals surface area contributed by atoms with Gasteiger partial charge in [0.2, 0.25) is 5.91 Å². The topological polar surface area (TPSA) is 87.7 Å². The number of hydrogen-bond acceptors (Lipinski definition) is 4. The van der Waals surface area contributed by atoms with Crippen LogP contribution in [0, 0.1) is 18.6 Å². The minimum atomic E-state index is -0.806. The van der Waals surface area contributed by atoms with Crippen molar-refractivity contribution >= 4 is 16.8 Å². The van der Waals surface area contributed by atoms with Crippen molar-refractivity contribution in [3.8, 4) is 0 Å². The van der Waals surface area contributed by atoms with Gasteiger partial charge < -0.3 is 10.3 Å². The smallest absolute Gasteiger partial charge is 0.252 e. The predicted octanol–water partition coefficient (Wildman–Crippen LogP) is 2.32. The molecule has 1 atom stereocenters. The number of nitrogens with zero attached hydrogens (tertiary/aromatic N) is 2. The summed E-state index contributed by atoms with van der Waals surface area (Å²) in [7, 11) is 0. The molecule has 2 heterocycles. The third kappa shape index (κ3) is 3.74. The van der Waals surface area contributed by atoms with Gasteiger partial charge in [0.1, 0.15) is 17.5 Å². The number of rotatable bonds is 4. The van der Waals surface area contributed by atoms with Gasteiger partial charge in [0, 0.05) is 29.4 Å². The van der Waals surface area contributed by atoms with E-state index in [1.165, 1.54) is 6.07 Å². The molecule has 0 aliphatic heterocycles. The highest BCUT2D eigenvalue weighted by Gasteiger charge is 2.15. The molecule has 3 aromatic rings. The molecule has 2 aromatic heterocycles. The van der Waals surface area contributed by atoms with Crippen LogP contribution < -0.4 is 10.9 Å². The van der Waals surface area contributed by atoms with E-state index in [4.69, 9.17) is 0 Å². The van der Waals surface area contributed by atoms with Crippen molar-refractivity contribution < 1.29 is 13.6 Å². The molecule has 0 aliphatic rings. The number of amides is 1. The molecule has 0 radical (unpaired) electrons. The number of H-pyrrole nitrogens is 1. The molecule has 0 fully saturated rings. The SMILES string of the molecule is Cc1cnc([C@H](C)NC(=O)Cc2cc3c(F)cc(F)cc3[nH]c2=O)nc1. The number of nitrogens with one attached hydrogen (secondary N) is 2. The minimum Gasteiger partial charge on any atom is -0.346 e. The van der Waals surface area contributed by atoms with Crippen LogP contribution in [0.3, 0.4) is 0 Å². The molecule has 2 N–H and O–H groups in total. The summed E-state index contributed by atoms with van der Waals surface area (Å²) in [4.78, 5) is 35.0. The summed E-state index contributed by atoms with van der Waals surface area (Å²) in [5.74, 6) is -1.59. The molecule has 26 heavy (non-hydrogen) atoms. The summed E-state index contributed by atoms with van der Waals surface area (Å²) in [6, 6.07) is 2.56. The minimum absolute atomic E-state index is 0.0399. The van der Waals surface area contributed by atoms with Gasteiger partial charge in [-0.15, -0.1) is 0 Å². The summed E-state index contributed by atoms with van der Waals surface area (Å²) in [5, 5.41) is 2.74. The molecule has 0 bridgehead atoms. The molecule has 8 heteroatoms. The van der Waals surface area contributed by atoms with Crippen LogP contribution in [-0.4, -0.2) is 20.9 Å². The first-order valence-electron chi connectivity index (χ1n) is 7.92. The number of aromatic nitrogens is 3. The lowest BCUT2D eigenvalue weighted by atomic mass is 10.1. The predicted molar refractivity (Wildman–Crippen MR) is 91.5 cm³/mol. The lowest BCUT2D eigenvalue weighted by Crippen LogP contribution is -2.31. The number of aromatic amines is 1. The Morgan fingerprint density at radius 2 is 1.92 bits per heavy atom. The number of fused-ring (bicyclic) bond motifs is 1. The maximum atomic E-state index is 13.9. The van der Waals surface area contributed by atoms with Crippen molar-refractivity contribution in [2.75, 3.05) is 0 Å². The Bertz CT molecular complexity index is 1030. The van der Waals surface area contributed by atoms with Gasteiger partial charge in [0.05, 0.1) is 18.0 Å². The lowest BCUT2D eigenvalue weighted by molar-refractivity contribution is -0.121. The van der Waals surface area contributed by atoms with E-state index < -0.39 is 29.1 Å². The van der Waals surface area contributed by atoms with Gasteiger partial charge in [0.15, 0.2) is 0 Å². The van der Waals surface area contributed by atoms with Crippen LogP contribution in [0.4, 0.5) is 8.78 Å². The quantitative estimate of drug-likeness (QED) is 0.749. The Hall–Kier alpha value is -3.16. The van der Waals surface area contributed by atoms with Crippen molar-refractivity contribution in [2.45, 2.75) is 26.3 Å². The zero-order valence-corrected chi connectivity index (χ0v) is 14.1. The van der Waals surface area contributed by atoms with Crippen LogP contribution in [-0.2, 0) is 11.2 Å². The van der Waals surface area contributed by atoms with E-state index in [9.17, 15) is 18.4 Å². The average Bonchev–Trinajstić information content (AvgIpc) is 2.56. The fourth-order valence-electron chi connectivity index (χ4n) is 2.56. The van der Waals surface area contributed by atoms with Crippen molar-refractivity contribution in [1.82, 2.24) is 20.3 Å². The zero-order chi connectivity index (χ0) is 18.8. The molecular weight excluding hydrogens is 342 g/mol. The van der Waals surface area contributed by atoms with Crippen LogP contribution in [0.5, 0.6) is 0 Å². The summed E-state index contributed by atoms with van der Waals surface area (Å²) in [6.07, 6.45) is 3.03. The van der Waals surface area contributed by atoms with E-state index in [1.54, 1.807) is 19.3 Å². The molecule has 0 saturated heterocycles. The number of halogens is 2. The van der Waals surface area contributed by atoms with E-state index in [0.717, 1.165) is 17.7 Å². The number of carbonyl (C=O) groups excluding carboxylic acids is 1. The molecule has 1 aromatic carbocycles. The second kappa shape index (κ2) is 6.99. The highest BCUT2D eigenvalue weighted by Crippen LogP contribution is 2.17. The number of aryl methyl sites for hydroxylation is 1. The molecule has 6 nitrogen and oxygen atoms in total. The Morgan fingerprint density at radius 3 is 2.62 bits per heavy atom. The molecule has 0 unspecified atom stereocenters. The van der Waals surface area contributed by atoms with Crippen LogP contribution in [0.25, 0.3) is 10.9 Å². The Kier molecular flexibility index (Phi) is 4.75. The summed E-state index contributed by atoms with van der Waals surface area (Å²) in [5.41, 5.74) is 0.445. The van der Waals surface area contributed by atoms with Gasteiger partial charge in [0.25, 0.3) is 5.56 Å². The fourth-order valence-corrected chi connectivity index (χ4v) is 2.56. The van der Waals surface area contributed by atoms with Gasteiger partial charge in [-0.05, 0) is 31.5 Å². The molecule has 0 aliphatic carbocycles. The Balaban J connectivity index is 1.79. The second-order valence-corrected chi connectivity index (χ2v) is 6.06. The standard InChI is InChI=1S/C18H16F2N4O2/c1-9-7-21-17(22-8-9)10(2)23-16(25)4-11-3-13-14(20)5-12(19)6-15(13)24-18(11)26/h3,5-8,10H,4H2,1-2H3,(H,23,25)(H,24,26)/t10-/m0/s1. The van der Waals surface area contributed by atoms with Gasteiger partial charge in [-0.3, -0.25) is 9.59 Å². The summed E-state index contributed by atoms with van der Waals surface area (Å²) < 4.78 is 27.1. The monoisotopic (exact) mass is 358 g/mol. The highest BCUT2D eigenvalue weighted by molar-refractivity contribution is 5.83. The van der Waals surface area contributed by atoms with Crippen molar-refractivity contribution in [3.63, 3.8) is 0 Å². The fraction of sp³-hybridized carbons (Fsp3) is 0.222. The highest BCUT2D eigenvalue weighted by atomic mass is 19.1. The molecule has 3 rings (SSSR count). The molecule has 0 spiro atoms. The third-order valence-electron chi connectivity index (χ3n) is 3.87. The molecular formula is C18H16F2N4O2. The number of benzene rings is 1. The second-order valence-electron chi connectivity index (χ2n) is 6.06. The van der Waals surface area contributed by atoms with Crippen LogP contribution in [0.1, 0.15) is 29.9 Å². The Morgan fingerprint density at radius 1 is 1.23 bits per heavy atom. The molecule has 134 valence electrons. The van der Waals surface area contributed by atoms with E-state index >= 15 is 0 Å². The summed E-state index contributed by atoms with van der Waals surface area (Å²) in [6.45, 7) is 3.57. The summed E-state index contributed by atoms with van der Waals surface area (Å²) >= 11 is 0. The molecule has 1 amide bonds. The van der Waals surface area contributed by atoms with Crippen molar-refractivity contribution in [1.29, 1.82) is 0 Å². The third-order valence-corrected chi connectivity index (χ3v) is 3.87. The maximum Gasteiger partial charge on any atom is 0.252 e. The maximum absolute atomic E-state index is 13.9. The van der Waals surface area contributed by atoms with E-state index in [1.807, 2.05) is 6.92 Å². The lowest BCUT2D eigenvalue weighted by Gasteiger charge is -2.12. The largest absolute Gasteiger partial charge is 0.346 e. The van der Waals surface area contributed by atoms with Crippen LogP contribution >= 0.6 is 0 Å². The number of carbonyl (C=O) groups is 1. The first-order chi connectivity index (χ1) is 12.3. The first-order valence-corrected chi connectivity index (χ1v) is 7.92. The van der Waals surface area contributed by atoms with Gasteiger partial charge in [-0.2, -0.15) is 0 Å². The van der Waals surface area contributed by atoms with Gasteiger partial charge in [-0.1, -0.05) is 0 Å². The first kappa shape index (κ1) is 17.7. The normalized spacial score (nSPS) is 12.2. The average molecular weight is 358 g/mol. The van der Waals surface area contributed by atoms with Crippen LogP contribution in [0.15, 0.2) is 35.4 Å². The van der Waals surface area contributed by atoms with Gasteiger partial charge >= 0.3 is 0 Å². The number of pyridine rings is 1. The molecule has 0 saturated carbocycles. The van der Waals surface area contributed by atoms with Crippen molar-refractivity contribution in [2.24, 2.45) is 0 Å². The van der Waals surface area contributed by atoms with E-state index in [-0.39, 0.29) is 22.9 Å². The van der Waals surface area contributed by atoms with Crippen LogP contribution in [0.2, 0.25) is 0 Å². The van der Waals surface area contributed by atoms with E-state index in [0.29, 0.717) is 5.82 Å². The van der Waals surface area contributed by atoms with E-state index in [2.05, 4.69) is 20.3 Å². The zero-order valence-electron chi connectivity index (χ0n) is 14.1. The number of hydrogen-bond donors (Lipinski definition) is 2. The Labute approximate surface area is 147 Å².